The highest BCUT2D eigenvalue weighted by molar-refractivity contribution is 5.81. The summed E-state index contributed by atoms with van der Waals surface area (Å²) in [6.45, 7) is 1.73. The van der Waals surface area contributed by atoms with Crippen LogP contribution in [0.5, 0.6) is 0 Å². The largest absolute Gasteiger partial charge is 0.480 e. The van der Waals surface area contributed by atoms with E-state index in [1.165, 1.54) is 6.92 Å². The molecular weight excluding hydrogens is 160 g/mol. The fourth-order valence-electron chi connectivity index (χ4n) is 0.816. The predicted octanol–water partition coefficient (Wildman–Crippen LogP) is -0.685. The number of nitrogens with one attached hydrogen (secondary N) is 1. The summed E-state index contributed by atoms with van der Waals surface area (Å²) in [4.78, 5) is 21.5. The summed E-state index contributed by atoms with van der Waals surface area (Å²) in [5.41, 5.74) is 5.24. The molecule has 0 spiro atoms. The van der Waals surface area contributed by atoms with Crippen LogP contribution in [-0.2, 0) is 9.59 Å². The highest BCUT2D eigenvalue weighted by Gasteiger charge is 2.16. The lowest BCUT2D eigenvalue weighted by molar-refractivity contribution is -0.141. The van der Waals surface area contributed by atoms with Crippen LogP contribution in [0.1, 0.15) is 19.8 Å². The summed E-state index contributed by atoms with van der Waals surface area (Å²) < 4.78 is 6.39. The van der Waals surface area contributed by atoms with Gasteiger partial charge in [0.15, 0.2) is 0 Å². The molecule has 4 N–H and O–H groups in total. The maximum Gasteiger partial charge on any atom is 0.326 e. The van der Waals surface area contributed by atoms with Crippen molar-refractivity contribution in [3.8, 4) is 0 Å². The normalized spacial score (nSPS) is 13.0. The Morgan fingerprint density at radius 3 is 2.83 bits per heavy atom. The number of carboxylic acids is 1. The molecular formula is C7H14N2O3. The zero-order valence-corrected chi connectivity index (χ0v) is 7.00. The van der Waals surface area contributed by atoms with Crippen molar-refractivity contribution in [1.29, 1.82) is 1.43 Å². The van der Waals surface area contributed by atoms with E-state index in [1.54, 1.807) is 0 Å². The molecule has 0 aliphatic carbocycles. The number of rotatable bonds is 5. The first-order valence-corrected chi connectivity index (χ1v) is 3.76. The van der Waals surface area contributed by atoms with Crippen molar-refractivity contribution in [3.05, 3.63) is 0 Å². The van der Waals surface area contributed by atoms with Gasteiger partial charge in [0.1, 0.15) is 6.04 Å². The van der Waals surface area contributed by atoms with Crippen molar-refractivity contribution in [2.75, 3.05) is 6.54 Å². The Labute approximate surface area is 72.4 Å². The zero-order valence-electron chi connectivity index (χ0n) is 8.00. The molecule has 0 heterocycles. The van der Waals surface area contributed by atoms with Gasteiger partial charge in [0, 0.05) is 6.92 Å². The lowest BCUT2D eigenvalue weighted by atomic mass is 10.1. The minimum Gasteiger partial charge on any atom is -0.480 e. The highest BCUT2D eigenvalue weighted by Crippen LogP contribution is 1.95. The summed E-state index contributed by atoms with van der Waals surface area (Å²) in [5.74, 6) is -1.09. The molecule has 5 nitrogen and oxygen atoms in total. The van der Waals surface area contributed by atoms with Gasteiger partial charge in [0.25, 0.3) is 1.43 Å². The van der Waals surface area contributed by atoms with E-state index in [9.17, 15) is 9.59 Å². The van der Waals surface area contributed by atoms with Crippen LogP contribution < -0.4 is 11.1 Å². The first kappa shape index (κ1) is 8.99. The Hall–Kier alpha value is -1.10. The number of hydrogen-bond donors (Lipinski definition) is 3. The number of amides is 1. The zero-order chi connectivity index (χ0) is 10.3. The SMILES string of the molecule is [2H]OC(=O)[C@H](CCCN)NC(C)=O. The van der Waals surface area contributed by atoms with Gasteiger partial charge < -0.3 is 16.2 Å². The molecule has 0 aromatic heterocycles. The van der Waals surface area contributed by atoms with Crippen molar-refractivity contribution < 1.29 is 14.7 Å². The summed E-state index contributed by atoms with van der Waals surface area (Å²) in [6, 6.07) is -0.751. The second kappa shape index (κ2) is 5.54. The van der Waals surface area contributed by atoms with Gasteiger partial charge in [-0.1, -0.05) is 0 Å². The van der Waals surface area contributed by atoms with Crippen molar-refractivity contribution in [2.45, 2.75) is 25.8 Å². The molecule has 70 valence electrons. The van der Waals surface area contributed by atoms with Crippen LogP contribution in [0.3, 0.4) is 0 Å². The second-order valence-electron chi connectivity index (χ2n) is 2.50. The third-order valence-corrected chi connectivity index (χ3v) is 1.36. The van der Waals surface area contributed by atoms with Crippen LogP contribution in [0.15, 0.2) is 0 Å². The quantitative estimate of drug-likeness (QED) is 0.516. The molecule has 0 unspecified atom stereocenters. The van der Waals surface area contributed by atoms with Crippen LogP contribution >= 0.6 is 0 Å². The average Bonchev–Trinajstić information content (AvgIpc) is 2.10. The van der Waals surface area contributed by atoms with E-state index in [0.717, 1.165) is 0 Å². The molecule has 0 aromatic carbocycles. The Bertz CT molecular complexity index is 187. The minimum atomic E-state index is -0.761. The Balaban J connectivity index is 4.02. The standard InChI is InChI=1S/C7H14N2O3/c1-5(10)9-6(7(11)12)3-2-4-8/h6H,2-4,8H2,1H3,(H,9,10)(H,11,12)/t6-/m0/s1/i/hD. The summed E-state index contributed by atoms with van der Waals surface area (Å²) in [6.07, 6.45) is 0.994. The Morgan fingerprint density at radius 1 is 1.75 bits per heavy atom. The topological polar surface area (TPSA) is 92.4 Å². The van der Waals surface area contributed by atoms with Crippen molar-refractivity contribution in [2.24, 2.45) is 5.73 Å². The molecule has 0 saturated heterocycles. The lowest BCUT2D eigenvalue weighted by Gasteiger charge is -2.11. The molecule has 0 aromatic rings. The van der Waals surface area contributed by atoms with Gasteiger partial charge >= 0.3 is 5.97 Å². The minimum absolute atomic E-state index is 0.326. The molecule has 0 aliphatic rings. The van der Waals surface area contributed by atoms with Crippen LogP contribution in [0, 0.1) is 0 Å². The number of nitrogens with two attached hydrogens (primary N) is 1. The van der Waals surface area contributed by atoms with Crippen LogP contribution in [0.4, 0.5) is 0 Å². The third kappa shape index (κ3) is 4.68. The molecule has 1 amide bonds. The van der Waals surface area contributed by atoms with Crippen LogP contribution in [0.2, 0.25) is 0 Å². The molecule has 0 aliphatic heterocycles. The summed E-state index contributed by atoms with van der Waals surface area (Å²) >= 11 is 0. The maximum atomic E-state index is 10.9. The first-order valence-electron chi connectivity index (χ1n) is 4.16. The molecule has 5 heteroatoms. The number of aliphatic carboxylic acids is 1. The molecule has 0 radical (unpaired) electrons. The Kier molecular flexibility index (Phi) is 4.15. The van der Waals surface area contributed by atoms with E-state index in [2.05, 4.69) is 10.4 Å². The van der Waals surface area contributed by atoms with Gasteiger partial charge in [-0.25, -0.2) is 4.79 Å². The first-order chi connectivity index (χ1) is 6.11. The van der Waals surface area contributed by atoms with Gasteiger partial charge in [0.05, 0.1) is 0 Å². The van der Waals surface area contributed by atoms with E-state index in [1.807, 2.05) is 0 Å². The molecule has 1 atom stereocenters. The smallest absolute Gasteiger partial charge is 0.326 e. The predicted molar refractivity (Wildman–Crippen MR) is 43.5 cm³/mol. The number of carboxylic acid groups (broad SMARTS) is 1. The fourth-order valence-corrected chi connectivity index (χ4v) is 0.816. The van der Waals surface area contributed by atoms with Crippen molar-refractivity contribution in [3.63, 3.8) is 0 Å². The molecule has 0 rings (SSSR count). The van der Waals surface area contributed by atoms with Crippen molar-refractivity contribution in [1.82, 2.24) is 5.32 Å². The molecule has 0 bridgehead atoms. The maximum absolute atomic E-state index is 10.9. The monoisotopic (exact) mass is 175 g/mol. The molecule has 0 fully saturated rings. The summed E-state index contributed by atoms with van der Waals surface area (Å²) in [7, 11) is 0. The Morgan fingerprint density at radius 2 is 2.42 bits per heavy atom. The van der Waals surface area contributed by atoms with E-state index in [-0.39, 0.29) is 5.91 Å². The highest BCUT2D eigenvalue weighted by atomic mass is 16.4. The van der Waals surface area contributed by atoms with Gasteiger partial charge in [-0.3, -0.25) is 4.79 Å². The third-order valence-electron chi connectivity index (χ3n) is 1.36. The fraction of sp³-hybridized carbons (Fsp3) is 0.714. The van der Waals surface area contributed by atoms with Gasteiger partial charge in [-0.15, -0.1) is 0 Å². The lowest BCUT2D eigenvalue weighted by Crippen LogP contribution is -2.39. The van der Waals surface area contributed by atoms with Crippen LogP contribution in [-0.4, -0.2) is 29.6 Å². The average molecular weight is 175 g/mol. The van der Waals surface area contributed by atoms with E-state index < -0.39 is 12.0 Å². The molecule has 12 heavy (non-hydrogen) atoms. The van der Waals surface area contributed by atoms with E-state index >= 15 is 0 Å². The number of carbonyl (C=O) groups excluding carboxylic acids is 1. The van der Waals surface area contributed by atoms with Crippen LogP contribution in [0.25, 0.3) is 1.43 Å². The van der Waals surface area contributed by atoms with Gasteiger partial charge in [0.2, 0.25) is 5.91 Å². The number of hydrogen-bond acceptors (Lipinski definition) is 4. The van der Waals surface area contributed by atoms with Gasteiger partial charge in [-0.05, 0) is 19.4 Å². The number of carbonyl (C=O) groups is 2. The van der Waals surface area contributed by atoms with Gasteiger partial charge in [-0.2, -0.15) is 0 Å². The van der Waals surface area contributed by atoms with Crippen molar-refractivity contribution >= 4 is 11.9 Å². The van der Waals surface area contributed by atoms with E-state index in [0.29, 0.717) is 19.4 Å². The second-order valence-corrected chi connectivity index (χ2v) is 2.50. The van der Waals surface area contributed by atoms with E-state index in [4.69, 9.17) is 7.16 Å². The summed E-state index contributed by atoms with van der Waals surface area (Å²) in [5, 5.41) is 6.14. The molecule has 0 saturated carbocycles.